The Morgan fingerprint density at radius 1 is 1.24 bits per heavy atom. The van der Waals surface area contributed by atoms with E-state index in [0.29, 0.717) is 12.0 Å². The van der Waals surface area contributed by atoms with Gasteiger partial charge in [0.1, 0.15) is 0 Å². The van der Waals surface area contributed by atoms with Gasteiger partial charge in [0.15, 0.2) is 5.78 Å². The summed E-state index contributed by atoms with van der Waals surface area (Å²) in [5.41, 5.74) is -1.77. The van der Waals surface area contributed by atoms with Gasteiger partial charge in [0.05, 0.1) is 12.2 Å². The number of carbonyl (C=O) groups is 2. The lowest BCUT2D eigenvalue weighted by atomic mass is 9.85. The van der Waals surface area contributed by atoms with E-state index in [1.165, 1.54) is 6.08 Å². The zero-order valence-corrected chi connectivity index (χ0v) is 12.3. The Morgan fingerprint density at radius 3 is 2.62 bits per heavy atom. The number of fused-ring (bicyclic) bond motifs is 1. The number of rotatable bonds is 6. The first-order valence-electron chi connectivity index (χ1n) is 7.26. The van der Waals surface area contributed by atoms with Crippen LogP contribution in [0.3, 0.4) is 0 Å². The Hall–Kier alpha value is -1.97. The fourth-order valence-corrected chi connectivity index (χ4v) is 2.56. The number of unbranched alkanes of at least 4 members (excludes halogenated alkanes) is 1. The van der Waals surface area contributed by atoms with Crippen molar-refractivity contribution in [2.24, 2.45) is 0 Å². The van der Waals surface area contributed by atoms with E-state index < -0.39 is 17.4 Å². The zero-order valence-electron chi connectivity index (χ0n) is 12.3. The third-order valence-corrected chi connectivity index (χ3v) is 3.64. The van der Waals surface area contributed by atoms with E-state index in [2.05, 4.69) is 0 Å². The van der Waals surface area contributed by atoms with E-state index in [1.807, 2.05) is 6.92 Å². The first kappa shape index (κ1) is 15.4. The molecule has 0 N–H and O–H groups in total. The van der Waals surface area contributed by atoms with Crippen LogP contribution in [0.4, 0.5) is 4.39 Å². The molecule has 0 radical (unpaired) electrons. The highest BCUT2D eigenvalue weighted by Crippen LogP contribution is 2.45. The minimum atomic E-state index is -2.38. The van der Waals surface area contributed by atoms with Gasteiger partial charge in [-0.1, -0.05) is 37.6 Å². The van der Waals surface area contributed by atoms with Crippen LogP contribution in [0.5, 0.6) is 0 Å². The molecule has 1 unspecified atom stereocenters. The van der Waals surface area contributed by atoms with E-state index in [1.54, 1.807) is 31.2 Å². The summed E-state index contributed by atoms with van der Waals surface area (Å²) >= 11 is 0. The van der Waals surface area contributed by atoms with Crippen molar-refractivity contribution in [3.05, 3.63) is 41.0 Å². The van der Waals surface area contributed by atoms with E-state index in [0.717, 1.165) is 6.42 Å². The molecule has 112 valence electrons. The number of alkyl halides is 1. The van der Waals surface area contributed by atoms with Gasteiger partial charge in [0.2, 0.25) is 5.67 Å². The molecule has 1 atom stereocenters. The molecular formula is C17H19FO3. The number of carbonyl (C=O) groups excluding carboxylic acids is 2. The lowest BCUT2D eigenvalue weighted by molar-refractivity contribution is -0.143. The summed E-state index contributed by atoms with van der Waals surface area (Å²) in [5, 5.41) is 0. The van der Waals surface area contributed by atoms with Crippen LogP contribution in [0.25, 0.3) is 6.08 Å². The Bertz CT molecular complexity index is 591. The van der Waals surface area contributed by atoms with Crippen molar-refractivity contribution >= 4 is 17.8 Å². The van der Waals surface area contributed by atoms with Crippen LogP contribution in [0.15, 0.2) is 29.8 Å². The lowest BCUT2D eigenvalue weighted by Crippen LogP contribution is -2.35. The topological polar surface area (TPSA) is 43.4 Å². The molecule has 0 aromatic heterocycles. The number of ether oxygens (including phenoxy) is 1. The largest absolute Gasteiger partial charge is 0.463 e. The maximum Gasteiger partial charge on any atom is 0.338 e. The molecule has 21 heavy (non-hydrogen) atoms. The minimum absolute atomic E-state index is 0.109. The molecule has 0 saturated heterocycles. The summed E-state index contributed by atoms with van der Waals surface area (Å²) in [5.74, 6) is -1.34. The highest BCUT2D eigenvalue weighted by Gasteiger charge is 2.51. The van der Waals surface area contributed by atoms with E-state index in [4.69, 9.17) is 4.74 Å². The molecule has 0 fully saturated rings. The van der Waals surface area contributed by atoms with Crippen molar-refractivity contribution in [1.29, 1.82) is 0 Å². The fraction of sp³-hybridized carbons (Fsp3) is 0.412. The van der Waals surface area contributed by atoms with E-state index >= 15 is 4.39 Å². The summed E-state index contributed by atoms with van der Waals surface area (Å²) in [4.78, 5) is 24.4. The summed E-state index contributed by atoms with van der Waals surface area (Å²) in [6.45, 7) is 3.73. The standard InChI is InChI=1S/C17H19FO3/c1-3-5-10-15(19)17(18)13-9-7-6-8-12(13)11-14(17)16(20)21-4-2/h6-9,11H,3-5,10H2,1-2H3. The predicted octanol–water partition coefficient (Wildman–Crippen LogP) is 3.57. The molecule has 4 heteroatoms. The van der Waals surface area contributed by atoms with Gasteiger partial charge in [0.25, 0.3) is 0 Å². The smallest absolute Gasteiger partial charge is 0.338 e. The average molecular weight is 290 g/mol. The molecular weight excluding hydrogens is 271 g/mol. The van der Waals surface area contributed by atoms with Gasteiger partial charge >= 0.3 is 5.97 Å². The van der Waals surface area contributed by atoms with Crippen molar-refractivity contribution in [2.45, 2.75) is 38.8 Å². The quantitative estimate of drug-likeness (QED) is 0.752. The molecule has 0 spiro atoms. The fourth-order valence-electron chi connectivity index (χ4n) is 2.56. The molecule has 1 aromatic carbocycles. The number of esters is 1. The van der Waals surface area contributed by atoms with Crippen molar-refractivity contribution in [3.63, 3.8) is 0 Å². The highest BCUT2D eigenvalue weighted by molar-refractivity contribution is 6.09. The Balaban J connectivity index is 2.45. The molecule has 3 nitrogen and oxygen atoms in total. The second-order valence-corrected chi connectivity index (χ2v) is 5.05. The summed E-state index contributed by atoms with van der Waals surface area (Å²) in [6.07, 6.45) is 2.93. The van der Waals surface area contributed by atoms with E-state index in [9.17, 15) is 9.59 Å². The maximum absolute atomic E-state index is 15.5. The SMILES string of the molecule is CCCCC(=O)C1(F)C(C(=O)OCC)=Cc2ccccc21. The Labute approximate surface area is 123 Å². The second-order valence-electron chi connectivity index (χ2n) is 5.05. The van der Waals surface area contributed by atoms with Gasteiger partial charge in [0, 0.05) is 12.0 Å². The molecule has 1 aliphatic rings. The van der Waals surface area contributed by atoms with Gasteiger partial charge in [-0.3, -0.25) is 4.79 Å². The second kappa shape index (κ2) is 6.20. The zero-order chi connectivity index (χ0) is 15.5. The van der Waals surface area contributed by atoms with Gasteiger partial charge < -0.3 is 4.74 Å². The van der Waals surface area contributed by atoms with Crippen LogP contribution < -0.4 is 0 Å². The van der Waals surface area contributed by atoms with Crippen LogP contribution in [0.2, 0.25) is 0 Å². The van der Waals surface area contributed by atoms with Crippen molar-refractivity contribution in [1.82, 2.24) is 0 Å². The highest BCUT2D eigenvalue weighted by atomic mass is 19.1. The molecule has 0 bridgehead atoms. The minimum Gasteiger partial charge on any atom is -0.463 e. The number of Topliss-reactive ketones (excluding diaryl/α,β-unsaturated/α-hetero) is 1. The van der Waals surface area contributed by atoms with Crippen molar-refractivity contribution in [2.75, 3.05) is 6.61 Å². The van der Waals surface area contributed by atoms with Gasteiger partial charge in [-0.2, -0.15) is 0 Å². The third-order valence-electron chi connectivity index (χ3n) is 3.64. The first-order valence-corrected chi connectivity index (χ1v) is 7.26. The maximum atomic E-state index is 15.5. The Kier molecular flexibility index (Phi) is 4.56. The van der Waals surface area contributed by atoms with Crippen molar-refractivity contribution < 1.29 is 18.7 Å². The third kappa shape index (κ3) is 2.62. The number of ketones is 1. The molecule has 0 aliphatic heterocycles. The van der Waals surface area contributed by atoms with E-state index in [-0.39, 0.29) is 24.2 Å². The van der Waals surface area contributed by atoms with Crippen LogP contribution in [-0.2, 0) is 20.0 Å². The molecule has 1 aliphatic carbocycles. The van der Waals surface area contributed by atoms with Gasteiger partial charge in [-0.15, -0.1) is 0 Å². The van der Waals surface area contributed by atoms with Crippen LogP contribution in [-0.4, -0.2) is 18.4 Å². The summed E-state index contributed by atoms with van der Waals surface area (Å²) < 4.78 is 20.4. The molecule has 1 aromatic rings. The first-order chi connectivity index (χ1) is 10.1. The number of hydrogen-bond acceptors (Lipinski definition) is 3. The van der Waals surface area contributed by atoms with Crippen LogP contribution in [0.1, 0.15) is 44.2 Å². The number of hydrogen-bond donors (Lipinski definition) is 0. The van der Waals surface area contributed by atoms with Crippen LogP contribution >= 0.6 is 0 Å². The van der Waals surface area contributed by atoms with Gasteiger partial charge in [-0.25, -0.2) is 9.18 Å². The molecule has 0 saturated carbocycles. The normalized spacial score (nSPS) is 19.9. The van der Waals surface area contributed by atoms with Crippen molar-refractivity contribution in [3.8, 4) is 0 Å². The molecule has 2 rings (SSSR count). The van der Waals surface area contributed by atoms with Gasteiger partial charge in [-0.05, 0) is 25.0 Å². The molecule has 0 amide bonds. The lowest BCUT2D eigenvalue weighted by Gasteiger charge is -2.22. The monoisotopic (exact) mass is 290 g/mol. The summed E-state index contributed by atoms with van der Waals surface area (Å²) in [6, 6.07) is 6.67. The predicted molar refractivity (Wildman–Crippen MR) is 78.4 cm³/mol. The molecule has 0 heterocycles. The Morgan fingerprint density at radius 2 is 1.95 bits per heavy atom. The number of benzene rings is 1. The van der Waals surface area contributed by atoms with Crippen LogP contribution in [0, 0.1) is 0 Å². The number of halogens is 1. The summed E-state index contributed by atoms with van der Waals surface area (Å²) in [7, 11) is 0. The average Bonchev–Trinajstić information content (AvgIpc) is 2.80.